The van der Waals surface area contributed by atoms with E-state index in [9.17, 15) is 61.3 Å². The van der Waals surface area contributed by atoms with Gasteiger partial charge in [-0.1, -0.05) is 39.3 Å². The van der Waals surface area contributed by atoms with E-state index in [1.54, 1.807) is 7.11 Å². The summed E-state index contributed by atoms with van der Waals surface area (Å²) in [5.41, 5.74) is 1.24. The maximum Gasteiger partial charge on any atom is 0.187 e. The third-order valence-corrected chi connectivity index (χ3v) is 19.8. The summed E-state index contributed by atoms with van der Waals surface area (Å²) in [5, 5.41) is 127. The smallest absolute Gasteiger partial charge is 0.187 e. The molecule has 74 heavy (non-hydrogen) atoms. The van der Waals surface area contributed by atoms with E-state index >= 15 is 0 Å². The first-order chi connectivity index (χ1) is 35.0. The van der Waals surface area contributed by atoms with Crippen molar-refractivity contribution in [1.82, 2.24) is 0 Å². The van der Waals surface area contributed by atoms with Crippen molar-refractivity contribution in [2.45, 2.75) is 240 Å². The first-order valence-electron chi connectivity index (χ1n) is 27.2. The van der Waals surface area contributed by atoms with Crippen LogP contribution in [0.4, 0.5) is 0 Å². The van der Waals surface area contributed by atoms with Crippen LogP contribution in [0.5, 0.6) is 0 Å². The molecule has 3 saturated carbocycles. The second kappa shape index (κ2) is 22.4. The molecule has 0 bridgehead atoms. The molecule has 5 heterocycles. The Morgan fingerprint density at radius 3 is 1.92 bits per heavy atom. The first-order valence-corrected chi connectivity index (χ1v) is 27.2. The molecule has 426 valence electrons. The molecule has 4 aliphatic carbocycles. The van der Waals surface area contributed by atoms with E-state index in [0.717, 1.165) is 32.1 Å². The highest BCUT2D eigenvalue weighted by Gasteiger charge is 2.68. The minimum atomic E-state index is -1.74. The summed E-state index contributed by atoms with van der Waals surface area (Å²) in [5.74, 6) is 0.954. The summed E-state index contributed by atoms with van der Waals surface area (Å²) in [6, 6.07) is 0. The Kier molecular flexibility index (Phi) is 17.4. The Balaban J connectivity index is 0.829. The molecule has 9 rings (SSSR count). The van der Waals surface area contributed by atoms with E-state index in [-0.39, 0.29) is 35.4 Å². The fourth-order valence-electron chi connectivity index (χ4n) is 15.2. The van der Waals surface area contributed by atoms with Crippen LogP contribution < -0.4 is 0 Å². The molecule has 8 fully saturated rings. The number of aliphatic hydroxyl groups excluding tert-OH is 12. The van der Waals surface area contributed by atoms with Gasteiger partial charge in [-0.3, -0.25) is 0 Å². The van der Waals surface area contributed by atoms with Crippen LogP contribution >= 0.6 is 0 Å². The van der Waals surface area contributed by atoms with Crippen LogP contribution in [-0.2, 0) is 47.4 Å². The van der Waals surface area contributed by atoms with E-state index in [2.05, 4.69) is 26.8 Å². The van der Waals surface area contributed by atoms with Crippen LogP contribution in [0.3, 0.4) is 0 Å². The summed E-state index contributed by atoms with van der Waals surface area (Å²) in [6.45, 7) is 11.3. The van der Waals surface area contributed by atoms with Gasteiger partial charge in [0.25, 0.3) is 0 Å². The summed E-state index contributed by atoms with van der Waals surface area (Å²) in [4.78, 5) is 0. The Morgan fingerprint density at radius 2 is 1.26 bits per heavy atom. The molecular formula is C52H86O22. The topological polar surface area (TPSA) is 335 Å². The normalized spacial score (nSPS) is 54.9. The van der Waals surface area contributed by atoms with E-state index in [0.29, 0.717) is 49.4 Å². The maximum atomic E-state index is 11.7. The molecule has 9 aliphatic rings. The van der Waals surface area contributed by atoms with Crippen molar-refractivity contribution in [2.24, 2.45) is 46.3 Å². The van der Waals surface area contributed by atoms with Crippen LogP contribution in [0.25, 0.3) is 0 Å². The van der Waals surface area contributed by atoms with Gasteiger partial charge in [-0.15, -0.1) is 0 Å². The molecule has 31 atom stereocenters. The van der Waals surface area contributed by atoms with Crippen molar-refractivity contribution < 1.29 is 109 Å². The van der Waals surface area contributed by atoms with Crippen LogP contribution in [-0.4, -0.2) is 229 Å². The molecule has 22 heteroatoms. The lowest BCUT2D eigenvalue weighted by atomic mass is 9.47. The molecule has 0 radical (unpaired) electrons. The van der Waals surface area contributed by atoms with Gasteiger partial charge >= 0.3 is 0 Å². The molecule has 0 aromatic heterocycles. The molecule has 0 aromatic carbocycles. The fraction of sp³-hybridized carbons (Fsp3) is 0.962. The summed E-state index contributed by atoms with van der Waals surface area (Å²) >= 11 is 0. The Bertz CT molecular complexity index is 1920. The van der Waals surface area contributed by atoms with Crippen molar-refractivity contribution in [2.75, 3.05) is 26.9 Å². The average Bonchev–Trinajstić information content (AvgIpc) is 3.85. The highest BCUT2D eigenvalue weighted by molar-refractivity contribution is 5.26. The minimum Gasteiger partial charge on any atom is -0.394 e. The van der Waals surface area contributed by atoms with E-state index in [1.165, 1.54) is 19.4 Å². The monoisotopic (exact) mass is 1060 g/mol. The predicted molar refractivity (Wildman–Crippen MR) is 254 cm³/mol. The fourth-order valence-corrected chi connectivity index (χ4v) is 15.2. The molecule has 12 N–H and O–H groups in total. The molecule has 5 aliphatic heterocycles. The molecule has 0 amide bonds. The molecular weight excluding hydrogens is 977 g/mol. The van der Waals surface area contributed by atoms with Gasteiger partial charge in [-0.05, 0) is 106 Å². The van der Waals surface area contributed by atoms with Crippen molar-refractivity contribution in [1.29, 1.82) is 0 Å². The van der Waals surface area contributed by atoms with Crippen molar-refractivity contribution in [3.05, 3.63) is 11.6 Å². The zero-order valence-electron chi connectivity index (χ0n) is 43.7. The lowest BCUT2D eigenvalue weighted by molar-refractivity contribution is -0.368. The lowest BCUT2D eigenvalue weighted by Crippen LogP contribution is -2.65. The second-order valence-corrected chi connectivity index (χ2v) is 24.0. The molecule has 0 spiro atoms. The third-order valence-electron chi connectivity index (χ3n) is 19.8. The SMILES string of the molecule is CO[C@]1(CC[C@H](C)CO[C@@H]2O[C@H](CO)[C@@H](O)[C@H](O)[C@H]2O)O[C@H]2C[C@H]3[C@@H]4CC=C5C[C@@H](O[C@@H]6O[C@H](CO[C@@H]7O[C@@H](C)[C@H](O)[C@@H](O)[C@H]7O)[C@@H](O[C@@H]7O[C@@H](C)[C@H](O)[C@@H](O)[C@H]7O)[C@H](O)[C@H]6O)CC[C@]5(C)[C@H]4CC[C@]3(C)[C@H]2[C@@H]1C. The van der Waals surface area contributed by atoms with Crippen molar-refractivity contribution in [3.8, 4) is 0 Å². The summed E-state index contributed by atoms with van der Waals surface area (Å²) in [7, 11) is 1.72. The van der Waals surface area contributed by atoms with Gasteiger partial charge in [-0.2, -0.15) is 0 Å². The zero-order valence-corrected chi connectivity index (χ0v) is 43.7. The van der Waals surface area contributed by atoms with Gasteiger partial charge in [0.1, 0.15) is 85.5 Å². The number of hydrogen-bond acceptors (Lipinski definition) is 22. The van der Waals surface area contributed by atoms with Crippen LogP contribution in [0.2, 0.25) is 0 Å². The van der Waals surface area contributed by atoms with E-state index in [1.807, 2.05) is 6.92 Å². The minimum absolute atomic E-state index is 0.00900. The standard InChI is InChI=1S/C52H86O22/c1-21(19-66-47-42(62)39(59)36(56)31(18-53)71-47)10-15-52(65-7)22(2)33-30(74-52)17-29-27-9-8-25-16-26(11-13-50(25,5)28(27)12-14-51(29,33)6)70-49-44(64)40(60)45(73-48-43(63)38(58)35(55)24(4)69-48)32(72-49)20-67-46-41(61)37(57)34(54)23(3)68-46/h8,21-24,26-49,53-64H,9-20H2,1-7H3/t21-,22-,23-,24-,26-,27+,28-,29-,30-,31+,32+,33-,34-,35-,36+,37+,38+,39-,40+,41+,42+,43+,44+,45+,46+,47+,48-,49+,50-,51-,52+/m0/s1. The quantitative estimate of drug-likeness (QED) is 0.0846. The number of allylic oxidation sites excluding steroid dienone is 1. The van der Waals surface area contributed by atoms with Gasteiger partial charge in [0.15, 0.2) is 30.9 Å². The maximum absolute atomic E-state index is 11.7. The predicted octanol–water partition coefficient (Wildman–Crippen LogP) is -1.33. The Labute approximate surface area is 432 Å². The number of rotatable bonds is 15. The lowest BCUT2D eigenvalue weighted by Gasteiger charge is -2.58. The highest BCUT2D eigenvalue weighted by atomic mass is 16.8. The largest absolute Gasteiger partial charge is 0.394 e. The molecule has 5 saturated heterocycles. The van der Waals surface area contributed by atoms with E-state index < -0.39 is 148 Å². The van der Waals surface area contributed by atoms with Gasteiger partial charge in [-0.25, -0.2) is 0 Å². The highest BCUT2D eigenvalue weighted by Crippen LogP contribution is 2.70. The summed E-state index contributed by atoms with van der Waals surface area (Å²) in [6.07, 6.45) is -19.0. The summed E-state index contributed by atoms with van der Waals surface area (Å²) < 4.78 is 60.9. The number of ether oxygens (including phenoxy) is 10. The van der Waals surface area contributed by atoms with Crippen molar-refractivity contribution >= 4 is 0 Å². The number of fused-ring (bicyclic) bond motifs is 7. The third kappa shape index (κ3) is 10.2. The number of aliphatic hydroxyl groups is 12. The first kappa shape index (κ1) is 57.5. The van der Waals surface area contributed by atoms with Crippen molar-refractivity contribution in [3.63, 3.8) is 0 Å². The molecule has 0 unspecified atom stereocenters. The zero-order chi connectivity index (χ0) is 53.5. The van der Waals surface area contributed by atoms with Crippen LogP contribution in [0.15, 0.2) is 11.6 Å². The molecule has 22 nitrogen and oxygen atoms in total. The average molecular weight is 1060 g/mol. The molecule has 0 aromatic rings. The Morgan fingerprint density at radius 1 is 0.662 bits per heavy atom. The number of hydrogen-bond donors (Lipinski definition) is 12. The van der Waals surface area contributed by atoms with Gasteiger partial charge in [0, 0.05) is 19.4 Å². The van der Waals surface area contributed by atoms with Crippen LogP contribution in [0.1, 0.15) is 99.3 Å². The van der Waals surface area contributed by atoms with Gasteiger partial charge in [0.05, 0.1) is 44.2 Å². The van der Waals surface area contributed by atoms with Gasteiger partial charge < -0.3 is 109 Å². The van der Waals surface area contributed by atoms with Gasteiger partial charge in [0.2, 0.25) is 0 Å². The number of methoxy groups -OCH3 is 1. The van der Waals surface area contributed by atoms with E-state index in [4.69, 9.17) is 47.4 Å². The second-order valence-electron chi connectivity index (χ2n) is 24.0. The van der Waals surface area contributed by atoms with Crippen LogP contribution in [0, 0.1) is 46.3 Å². The Hall–Kier alpha value is -1.14.